The number of piperazine rings is 2. The number of rotatable bonds is 7. The van der Waals surface area contributed by atoms with Gasteiger partial charge in [0.25, 0.3) is 0 Å². The molecule has 10 heteroatoms. The molecule has 0 aliphatic carbocycles. The predicted octanol–water partition coefficient (Wildman–Crippen LogP) is 5.62. The number of ether oxygens (including phenoxy) is 1. The summed E-state index contributed by atoms with van der Waals surface area (Å²) in [6, 6.07) is 11.9. The van der Waals surface area contributed by atoms with E-state index in [9.17, 15) is 9.59 Å². The van der Waals surface area contributed by atoms with Crippen LogP contribution in [0, 0.1) is 0 Å². The SMILES string of the molecule is CN1CCN(C2CCN(C(=O)NCCCCc3ccccc3)C(C)(C)C2)CC1.CN1CCN(C2CCN(C(=O)OC(C)(C)C)C(C)(C)C2)CC1. The number of aryl methyl sites for hydroxylation is 1. The van der Waals surface area contributed by atoms with Crippen molar-refractivity contribution in [3.8, 4) is 0 Å². The number of urea groups is 1. The number of likely N-dealkylation sites (N-methyl/N-ethyl adjacent to an activating group) is 2. The highest BCUT2D eigenvalue weighted by atomic mass is 16.6. The molecule has 0 aromatic heterocycles. The molecular formula is C40H71N7O3. The first-order valence-electron chi connectivity index (χ1n) is 19.5. The minimum Gasteiger partial charge on any atom is -0.444 e. The third kappa shape index (κ3) is 12.1. The minimum atomic E-state index is -0.429. The molecule has 284 valence electrons. The molecule has 5 rings (SSSR count). The Hall–Kier alpha value is -2.40. The van der Waals surface area contributed by atoms with Crippen LogP contribution in [-0.4, -0.2) is 156 Å². The fourth-order valence-corrected chi connectivity index (χ4v) is 8.16. The van der Waals surface area contributed by atoms with Crippen molar-refractivity contribution in [2.24, 2.45) is 0 Å². The third-order valence-corrected chi connectivity index (χ3v) is 11.3. The summed E-state index contributed by atoms with van der Waals surface area (Å²) in [7, 11) is 4.39. The van der Waals surface area contributed by atoms with Gasteiger partial charge in [-0.15, -0.1) is 0 Å². The first-order valence-corrected chi connectivity index (χ1v) is 19.5. The zero-order valence-electron chi connectivity index (χ0n) is 33.2. The van der Waals surface area contributed by atoms with Crippen molar-refractivity contribution in [1.82, 2.24) is 34.7 Å². The van der Waals surface area contributed by atoms with Gasteiger partial charge < -0.3 is 29.7 Å². The summed E-state index contributed by atoms with van der Waals surface area (Å²) in [6.07, 6.45) is 7.28. The normalized spacial score (nSPS) is 25.4. The van der Waals surface area contributed by atoms with Crippen LogP contribution in [0.3, 0.4) is 0 Å². The number of piperidine rings is 2. The van der Waals surface area contributed by atoms with Gasteiger partial charge in [-0.3, -0.25) is 9.80 Å². The Balaban J connectivity index is 0.000000232. The van der Waals surface area contributed by atoms with Gasteiger partial charge >= 0.3 is 12.1 Å². The Morgan fingerprint density at radius 2 is 1.20 bits per heavy atom. The van der Waals surface area contributed by atoms with Crippen molar-refractivity contribution >= 4 is 12.1 Å². The Bertz CT molecular complexity index is 1190. The highest BCUT2D eigenvalue weighted by Crippen LogP contribution is 2.33. The molecule has 2 unspecified atom stereocenters. The molecule has 4 fully saturated rings. The maximum absolute atomic E-state index is 12.8. The van der Waals surface area contributed by atoms with Crippen LogP contribution in [-0.2, 0) is 11.2 Å². The number of amides is 3. The van der Waals surface area contributed by atoms with Crippen LogP contribution in [0.25, 0.3) is 0 Å². The number of carbonyl (C=O) groups is 2. The van der Waals surface area contributed by atoms with Gasteiger partial charge in [0, 0.05) is 95.2 Å². The van der Waals surface area contributed by atoms with Gasteiger partial charge in [0.05, 0.1) is 0 Å². The van der Waals surface area contributed by atoms with Crippen molar-refractivity contribution in [3.05, 3.63) is 35.9 Å². The van der Waals surface area contributed by atoms with Gasteiger partial charge in [-0.1, -0.05) is 30.3 Å². The van der Waals surface area contributed by atoms with Gasteiger partial charge in [0.2, 0.25) is 0 Å². The van der Waals surface area contributed by atoms with E-state index in [-0.39, 0.29) is 23.2 Å². The lowest BCUT2D eigenvalue weighted by Gasteiger charge is -2.49. The van der Waals surface area contributed by atoms with E-state index in [1.807, 2.05) is 25.7 Å². The van der Waals surface area contributed by atoms with Crippen molar-refractivity contribution in [1.29, 1.82) is 0 Å². The summed E-state index contributed by atoms with van der Waals surface area (Å²) >= 11 is 0. The van der Waals surface area contributed by atoms with Gasteiger partial charge in [-0.05, 0) is 113 Å². The summed E-state index contributed by atoms with van der Waals surface area (Å²) in [5, 5.41) is 3.16. The smallest absolute Gasteiger partial charge is 0.410 e. The maximum atomic E-state index is 12.8. The van der Waals surface area contributed by atoms with E-state index in [2.05, 4.69) is 102 Å². The molecule has 50 heavy (non-hydrogen) atoms. The second kappa shape index (κ2) is 17.9. The Labute approximate surface area is 304 Å². The summed E-state index contributed by atoms with van der Waals surface area (Å²) in [6.45, 7) is 26.2. The van der Waals surface area contributed by atoms with E-state index in [1.54, 1.807) is 0 Å². The number of benzene rings is 1. The molecule has 0 saturated carbocycles. The monoisotopic (exact) mass is 698 g/mol. The first-order chi connectivity index (χ1) is 23.5. The number of hydrogen-bond acceptors (Lipinski definition) is 7. The quantitative estimate of drug-likeness (QED) is 0.371. The third-order valence-electron chi connectivity index (χ3n) is 11.3. The van der Waals surface area contributed by atoms with Crippen molar-refractivity contribution < 1.29 is 14.3 Å². The highest BCUT2D eigenvalue weighted by Gasteiger charge is 2.42. The van der Waals surface area contributed by atoms with Crippen LogP contribution in [0.5, 0.6) is 0 Å². The van der Waals surface area contributed by atoms with Gasteiger partial charge in [0.15, 0.2) is 0 Å². The summed E-state index contributed by atoms with van der Waals surface area (Å²) in [5.41, 5.74) is 0.720. The average Bonchev–Trinajstić information content (AvgIpc) is 3.04. The zero-order chi connectivity index (χ0) is 36.5. The molecule has 0 spiro atoms. The molecule has 1 N–H and O–H groups in total. The first kappa shape index (κ1) is 40.4. The molecule has 4 heterocycles. The second-order valence-corrected chi connectivity index (χ2v) is 17.6. The van der Waals surface area contributed by atoms with Crippen LogP contribution in [0.4, 0.5) is 9.59 Å². The summed E-state index contributed by atoms with van der Waals surface area (Å²) in [4.78, 5) is 39.2. The van der Waals surface area contributed by atoms with Crippen molar-refractivity contribution in [2.45, 2.75) is 122 Å². The molecule has 0 bridgehead atoms. The summed E-state index contributed by atoms with van der Waals surface area (Å²) in [5.74, 6) is 0. The standard InChI is InChI=1S/C23H38N4O.C17H33N3O2/c1-23(2)19-21(26-17-15-25(3)16-18-26)12-14-27(23)22(28)24-13-8-7-11-20-9-5-4-6-10-20;1-16(2,3)22-15(21)20-8-7-14(13-17(20,4)5)19-11-9-18(6)10-12-19/h4-6,9-10,21H,7-8,11-19H2,1-3H3,(H,24,28);14H,7-13H2,1-6H3. The molecule has 4 saturated heterocycles. The van der Waals surface area contributed by atoms with Crippen LogP contribution < -0.4 is 5.32 Å². The fourth-order valence-electron chi connectivity index (χ4n) is 8.16. The van der Waals surface area contributed by atoms with E-state index in [0.29, 0.717) is 12.1 Å². The largest absolute Gasteiger partial charge is 0.444 e. The van der Waals surface area contributed by atoms with Gasteiger partial charge in [0.1, 0.15) is 5.60 Å². The minimum absolute atomic E-state index is 0.0829. The number of likely N-dealkylation sites (tertiary alicyclic amines) is 2. The Morgan fingerprint density at radius 1 is 0.720 bits per heavy atom. The van der Waals surface area contributed by atoms with E-state index in [1.165, 1.54) is 5.56 Å². The van der Waals surface area contributed by atoms with E-state index >= 15 is 0 Å². The lowest BCUT2D eigenvalue weighted by Crippen LogP contribution is -2.61. The molecule has 10 nitrogen and oxygen atoms in total. The Kier molecular flexibility index (Phi) is 14.4. The lowest BCUT2D eigenvalue weighted by atomic mass is 9.86. The van der Waals surface area contributed by atoms with E-state index in [4.69, 9.17) is 4.74 Å². The maximum Gasteiger partial charge on any atom is 0.410 e. The molecule has 4 aliphatic rings. The zero-order valence-corrected chi connectivity index (χ0v) is 33.2. The van der Waals surface area contributed by atoms with Gasteiger partial charge in [-0.2, -0.15) is 0 Å². The molecular weight excluding hydrogens is 626 g/mol. The average molecular weight is 698 g/mol. The molecule has 4 aliphatic heterocycles. The molecule has 3 amide bonds. The van der Waals surface area contributed by atoms with Crippen LogP contribution in [0.1, 0.15) is 92.6 Å². The van der Waals surface area contributed by atoms with E-state index in [0.717, 1.165) is 117 Å². The van der Waals surface area contributed by atoms with Crippen molar-refractivity contribution in [2.75, 3.05) is 86.1 Å². The van der Waals surface area contributed by atoms with Crippen molar-refractivity contribution in [3.63, 3.8) is 0 Å². The van der Waals surface area contributed by atoms with E-state index < -0.39 is 5.60 Å². The topological polar surface area (TPSA) is 74.8 Å². The summed E-state index contributed by atoms with van der Waals surface area (Å²) < 4.78 is 5.57. The fraction of sp³-hybridized carbons (Fsp3) is 0.800. The Morgan fingerprint density at radius 3 is 1.66 bits per heavy atom. The molecule has 2 atom stereocenters. The highest BCUT2D eigenvalue weighted by molar-refractivity contribution is 5.75. The number of nitrogens with zero attached hydrogens (tertiary/aromatic N) is 6. The lowest BCUT2D eigenvalue weighted by molar-refractivity contribution is -0.0269. The molecule has 0 radical (unpaired) electrons. The number of hydrogen-bond donors (Lipinski definition) is 1. The van der Waals surface area contributed by atoms with Crippen LogP contribution in [0.2, 0.25) is 0 Å². The number of nitrogens with one attached hydrogen (secondary N) is 1. The number of carbonyl (C=O) groups excluding carboxylic acids is 2. The van der Waals surface area contributed by atoms with Crippen LogP contribution in [0.15, 0.2) is 30.3 Å². The predicted molar refractivity (Wildman–Crippen MR) is 205 cm³/mol. The number of unbranched alkanes of at least 4 members (excludes halogenated alkanes) is 1. The van der Waals surface area contributed by atoms with Crippen LogP contribution >= 0.6 is 0 Å². The molecule has 1 aromatic carbocycles. The van der Waals surface area contributed by atoms with Gasteiger partial charge in [-0.25, -0.2) is 9.59 Å². The molecule has 1 aromatic rings. The second-order valence-electron chi connectivity index (χ2n) is 17.6.